The maximum Gasteiger partial charge on any atom is 0.108 e. The van der Waals surface area contributed by atoms with Crippen molar-refractivity contribution in [2.45, 2.75) is 52.0 Å². The highest BCUT2D eigenvalue weighted by Gasteiger charge is 2.22. The maximum absolute atomic E-state index is 7.59. The highest BCUT2D eigenvalue weighted by atomic mass is 15.2. The molecule has 0 spiro atoms. The lowest BCUT2D eigenvalue weighted by molar-refractivity contribution is 0.241. The lowest BCUT2D eigenvalue weighted by Crippen LogP contribution is -2.44. The Hall–Kier alpha value is -0.570. The zero-order valence-corrected chi connectivity index (χ0v) is 10.1. The summed E-state index contributed by atoms with van der Waals surface area (Å²) < 4.78 is 0. The first-order chi connectivity index (χ1) is 7.19. The molecule has 1 aliphatic heterocycles. The molecule has 1 aliphatic rings. The largest absolute Gasteiger partial charge is 0.386 e. The van der Waals surface area contributed by atoms with Gasteiger partial charge in [0.2, 0.25) is 0 Å². The van der Waals surface area contributed by atoms with Crippen LogP contribution in [0.3, 0.4) is 0 Å². The third-order valence-electron chi connectivity index (χ3n) is 3.65. The quantitative estimate of drug-likeness (QED) is 0.553. The summed E-state index contributed by atoms with van der Waals surface area (Å²) >= 11 is 0. The molecule has 0 aromatic rings. The average molecular weight is 211 g/mol. The maximum atomic E-state index is 7.59. The van der Waals surface area contributed by atoms with E-state index in [9.17, 15) is 0 Å². The molecule has 1 saturated heterocycles. The molecule has 2 atom stereocenters. The first kappa shape index (κ1) is 12.5. The molecule has 3 nitrogen and oxygen atoms in total. The SMILES string of the molecule is CCC1CCCN(C(CC)C(=N)N)CC1. The van der Waals surface area contributed by atoms with E-state index in [-0.39, 0.29) is 6.04 Å². The van der Waals surface area contributed by atoms with Gasteiger partial charge in [0, 0.05) is 0 Å². The Bertz CT molecular complexity index is 203. The van der Waals surface area contributed by atoms with Crippen LogP contribution in [0, 0.1) is 11.3 Å². The highest BCUT2D eigenvalue weighted by Crippen LogP contribution is 2.21. The van der Waals surface area contributed by atoms with E-state index in [0.717, 1.165) is 25.4 Å². The van der Waals surface area contributed by atoms with E-state index in [1.807, 2.05) is 0 Å². The Morgan fingerprint density at radius 3 is 2.67 bits per heavy atom. The van der Waals surface area contributed by atoms with Crippen molar-refractivity contribution in [2.24, 2.45) is 11.7 Å². The molecule has 0 bridgehead atoms. The monoisotopic (exact) mass is 211 g/mol. The zero-order chi connectivity index (χ0) is 11.3. The van der Waals surface area contributed by atoms with E-state index in [2.05, 4.69) is 18.7 Å². The predicted octanol–water partition coefficient (Wildman–Crippen LogP) is 2.21. The second-order valence-electron chi connectivity index (χ2n) is 4.62. The molecule has 0 saturated carbocycles. The molecule has 88 valence electrons. The molecule has 0 aromatic carbocycles. The fourth-order valence-electron chi connectivity index (χ4n) is 2.58. The summed E-state index contributed by atoms with van der Waals surface area (Å²) in [6, 6.07) is 0.181. The summed E-state index contributed by atoms with van der Waals surface area (Å²) in [7, 11) is 0. The van der Waals surface area contributed by atoms with Crippen LogP contribution in [0.1, 0.15) is 46.0 Å². The fraction of sp³-hybridized carbons (Fsp3) is 0.917. The summed E-state index contributed by atoms with van der Waals surface area (Å²) in [4.78, 5) is 2.40. The van der Waals surface area contributed by atoms with Crippen LogP contribution < -0.4 is 5.73 Å². The van der Waals surface area contributed by atoms with E-state index in [4.69, 9.17) is 11.1 Å². The van der Waals surface area contributed by atoms with Crippen LogP contribution in [0.5, 0.6) is 0 Å². The Kier molecular flexibility index (Phi) is 5.09. The molecule has 0 radical (unpaired) electrons. The third-order valence-corrected chi connectivity index (χ3v) is 3.65. The molecular weight excluding hydrogens is 186 g/mol. The van der Waals surface area contributed by atoms with E-state index < -0.39 is 0 Å². The average Bonchev–Trinajstić information content (AvgIpc) is 2.44. The van der Waals surface area contributed by atoms with Crippen LogP contribution in [0.4, 0.5) is 0 Å². The Morgan fingerprint density at radius 2 is 2.13 bits per heavy atom. The molecule has 0 amide bonds. The molecule has 0 aliphatic carbocycles. The van der Waals surface area contributed by atoms with Gasteiger partial charge in [0.1, 0.15) is 5.84 Å². The zero-order valence-electron chi connectivity index (χ0n) is 10.1. The predicted molar refractivity (Wildman–Crippen MR) is 65.2 cm³/mol. The van der Waals surface area contributed by atoms with Crippen molar-refractivity contribution in [3.63, 3.8) is 0 Å². The summed E-state index contributed by atoms with van der Waals surface area (Å²) in [6.07, 6.45) is 6.15. The molecule has 1 heterocycles. The van der Waals surface area contributed by atoms with Crippen LogP contribution >= 0.6 is 0 Å². The normalized spacial score (nSPS) is 25.9. The van der Waals surface area contributed by atoms with Gasteiger partial charge < -0.3 is 5.73 Å². The number of nitrogens with one attached hydrogen (secondary N) is 1. The summed E-state index contributed by atoms with van der Waals surface area (Å²) in [6.45, 7) is 6.64. The van der Waals surface area contributed by atoms with Gasteiger partial charge in [-0.25, -0.2) is 0 Å². The summed E-state index contributed by atoms with van der Waals surface area (Å²) in [5.74, 6) is 1.23. The van der Waals surface area contributed by atoms with Crippen LogP contribution in [0.15, 0.2) is 0 Å². The third kappa shape index (κ3) is 3.49. The van der Waals surface area contributed by atoms with E-state index >= 15 is 0 Å². The van der Waals surface area contributed by atoms with Gasteiger partial charge in [-0.05, 0) is 44.7 Å². The number of amidine groups is 1. The summed E-state index contributed by atoms with van der Waals surface area (Å²) in [5.41, 5.74) is 5.64. The number of likely N-dealkylation sites (tertiary alicyclic amines) is 1. The van der Waals surface area contributed by atoms with Crippen molar-refractivity contribution in [3.05, 3.63) is 0 Å². The van der Waals surface area contributed by atoms with Gasteiger partial charge >= 0.3 is 0 Å². The molecule has 0 aromatic heterocycles. The van der Waals surface area contributed by atoms with Crippen LogP contribution in [-0.2, 0) is 0 Å². The Morgan fingerprint density at radius 1 is 1.40 bits per heavy atom. The summed E-state index contributed by atoms with van der Waals surface area (Å²) in [5, 5.41) is 7.59. The molecule has 3 N–H and O–H groups in total. The minimum Gasteiger partial charge on any atom is -0.386 e. The number of nitrogens with zero attached hydrogens (tertiary/aromatic N) is 1. The van der Waals surface area contributed by atoms with Gasteiger partial charge in [0.25, 0.3) is 0 Å². The van der Waals surface area contributed by atoms with E-state index in [1.54, 1.807) is 0 Å². The number of hydrogen-bond acceptors (Lipinski definition) is 2. The van der Waals surface area contributed by atoms with Crippen molar-refractivity contribution in [1.82, 2.24) is 4.90 Å². The van der Waals surface area contributed by atoms with Crippen molar-refractivity contribution >= 4 is 5.84 Å². The smallest absolute Gasteiger partial charge is 0.108 e. The second-order valence-corrected chi connectivity index (χ2v) is 4.62. The molecule has 15 heavy (non-hydrogen) atoms. The van der Waals surface area contributed by atoms with Gasteiger partial charge in [-0.15, -0.1) is 0 Å². The van der Waals surface area contributed by atoms with Gasteiger partial charge in [-0.1, -0.05) is 20.3 Å². The van der Waals surface area contributed by atoms with Crippen LogP contribution in [0.25, 0.3) is 0 Å². The second kappa shape index (κ2) is 6.11. The topological polar surface area (TPSA) is 53.1 Å². The minimum absolute atomic E-state index is 0.181. The number of hydrogen-bond donors (Lipinski definition) is 2. The lowest BCUT2D eigenvalue weighted by atomic mass is 9.98. The van der Waals surface area contributed by atoms with Crippen molar-refractivity contribution in [1.29, 1.82) is 5.41 Å². The Labute approximate surface area is 93.5 Å². The molecule has 1 rings (SSSR count). The molecule has 3 heteroatoms. The van der Waals surface area contributed by atoms with Gasteiger partial charge in [0.15, 0.2) is 0 Å². The lowest BCUT2D eigenvalue weighted by Gasteiger charge is -2.28. The molecule has 2 unspecified atom stereocenters. The van der Waals surface area contributed by atoms with E-state index in [1.165, 1.54) is 25.7 Å². The fourth-order valence-corrected chi connectivity index (χ4v) is 2.58. The van der Waals surface area contributed by atoms with Crippen molar-refractivity contribution < 1.29 is 0 Å². The van der Waals surface area contributed by atoms with Crippen LogP contribution in [-0.4, -0.2) is 29.9 Å². The first-order valence-electron chi connectivity index (χ1n) is 6.27. The van der Waals surface area contributed by atoms with E-state index in [0.29, 0.717) is 5.84 Å². The number of rotatable bonds is 4. The highest BCUT2D eigenvalue weighted by molar-refractivity contribution is 5.82. The molecule has 1 fully saturated rings. The van der Waals surface area contributed by atoms with Gasteiger partial charge in [-0.2, -0.15) is 0 Å². The number of nitrogens with two attached hydrogens (primary N) is 1. The molecular formula is C12H25N3. The Balaban J connectivity index is 2.51. The van der Waals surface area contributed by atoms with Gasteiger partial charge in [-0.3, -0.25) is 10.3 Å². The first-order valence-corrected chi connectivity index (χ1v) is 6.27. The minimum atomic E-state index is 0.181. The van der Waals surface area contributed by atoms with Crippen molar-refractivity contribution in [3.8, 4) is 0 Å². The van der Waals surface area contributed by atoms with Crippen molar-refractivity contribution in [2.75, 3.05) is 13.1 Å². The standard InChI is InChI=1S/C12H25N3/c1-3-10-6-5-8-15(9-7-10)11(4-2)12(13)14/h10-11H,3-9H2,1-2H3,(H3,13,14). The van der Waals surface area contributed by atoms with Crippen LogP contribution in [0.2, 0.25) is 0 Å². The van der Waals surface area contributed by atoms with Gasteiger partial charge in [0.05, 0.1) is 6.04 Å².